The van der Waals surface area contributed by atoms with Gasteiger partial charge in [-0.15, -0.1) is 0 Å². The third-order valence-electron chi connectivity index (χ3n) is 6.22. The molecule has 3 saturated heterocycles. The van der Waals surface area contributed by atoms with Crippen molar-refractivity contribution in [2.45, 2.75) is 64.6 Å². The van der Waals surface area contributed by atoms with Gasteiger partial charge in [0.25, 0.3) is 5.91 Å². The molecule has 2 bridgehead atoms. The molecule has 0 aromatic carbocycles. The highest BCUT2D eigenvalue weighted by molar-refractivity contribution is 5.81. The Hall–Kier alpha value is -1.73. The van der Waals surface area contributed by atoms with Gasteiger partial charge in [0.1, 0.15) is 11.6 Å². The van der Waals surface area contributed by atoms with Gasteiger partial charge in [-0.2, -0.15) is 0 Å². The van der Waals surface area contributed by atoms with Crippen molar-refractivity contribution in [1.82, 2.24) is 15.3 Å². The Balaban J connectivity index is 1.38. The lowest BCUT2D eigenvalue weighted by molar-refractivity contribution is -0.147. The number of carbonyl (C=O) groups excluding carboxylic acids is 1. The first-order valence-electron chi connectivity index (χ1n) is 10.1. The summed E-state index contributed by atoms with van der Waals surface area (Å²) in [6.45, 7) is 8.32. The lowest BCUT2D eigenvalue weighted by Crippen LogP contribution is -2.48. The van der Waals surface area contributed by atoms with Gasteiger partial charge in [-0.25, -0.2) is 9.97 Å². The maximum atomic E-state index is 12.3. The third kappa shape index (κ3) is 3.80. The molecule has 1 amide bonds. The van der Waals surface area contributed by atoms with Crippen molar-refractivity contribution in [3.05, 3.63) is 17.1 Å². The molecule has 1 aromatic rings. The molecular weight excluding hydrogens is 344 g/mol. The highest BCUT2D eigenvalue weighted by Gasteiger charge is 2.42. The van der Waals surface area contributed by atoms with Crippen LogP contribution in [0.4, 0.5) is 5.82 Å². The number of nitrogens with zero attached hydrogens (tertiary/aromatic N) is 3. The van der Waals surface area contributed by atoms with E-state index in [0.29, 0.717) is 37.8 Å². The summed E-state index contributed by atoms with van der Waals surface area (Å²) in [5.41, 5.74) is 2.26. The highest BCUT2D eigenvalue weighted by Crippen LogP contribution is 2.42. The molecule has 2 unspecified atom stereocenters. The number of anilines is 1. The lowest BCUT2D eigenvalue weighted by Gasteiger charge is -2.40. The monoisotopic (exact) mass is 374 g/mol. The summed E-state index contributed by atoms with van der Waals surface area (Å²) >= 11 is 0. The fraction of sp³-hybridized carbons (Fsp3) is 0.750. The molecule has 27 heavy (non-hydrogen) atoms. The molecule has 4 atom stereocenters. The zero-order valence-corrected chi connectivity index (χ0v) is 16.5. The van der Waals surface area contributed by atoms with Crippen molar-refractivity contribution in [3.8, 4) is 0 Å². The number of nitrogens with one attached hydrogen (secondary N) is 1. The van der Waals surface area contributed by atoms with E-state index in [4.69, 9.17) is 14.5 Å². The quantitative estimate of drug-likeness (QED) is 0.864. The molecule has 0 spiro atoms. The van der Waals surface area contributed by atoms with E-state index in [0.717, 1.165) is 36.7 Å². The van der Waals surface area contributed by atoms with Crippen LogP contribution in [0.2, 0.25) is 0 Å². The summed E-state index contributed by atoms with van der Waals surface area (Å²) in [5.74, 6) is 2.43. The topological polar surface area (TPSA) is 76.6 Å². The summed E-state index contributed by atoms with van der Waals surface area (Å²) < 4.78 is 10.8. The Labute approximate surface area is 160 Å². The number of rotatable bonds is 4. The Kier molecular flexibility index (Phi) is 5.32. The molecule has 0 radical (unpaired) electrons. The first kappa shape index (κ1) is 18.6. The molecule has 0 saturated carbocycles. The van der Waals surface area contributed by atoms with Crippen molar-refractivity contribution in [1.29, 1.82) is 0 Å². The SMILES string of the molecule is Cc1nc(C)c(C)c(N2[C@@H]3CC[C@H]2CC(CNC(=O)C2COCCO2)C3)n1. The van der Waals surface area contributed by atoms with E-state index in [2.05, 4.69) is 29.0 Å². The van der Waals surface area contributed by atoms with Gasteiger partial charge in [-0.05, 0) is 52.4 Å². The van der Waals surface area contributed by atoms with Crippen LogP contribution >= 0.6 is 0 Å². The number of amides is 1. The second-order valence-electron chi connectivity index (χ2n) is 8.11. The van der Waals surface area contributed by atoms with Crippen molar-refractivity contribution in [2.75, 3.05) is 31.3 Å². The summed E-state index contributed by atoms with van der Waals surface area (Å²) in [4.78, 5) is 24.1. The Bertz CT molecular complexity index is 691. The second-order valence-corrected chi connectivity index (χ2v) is 8.11. The van der Waals surface area contributed by atoms with Crippen molar-refractivity contribution < 1.29 is 14.3 Å². The maximum absolute atomic E-state index is 12.3. The van der Waals surface area contributed by atoms with E-state index in [-0.39, 0.29) is 5.91 Å². The zero-order chi connectivity index (χ0) is 19.0. The van der Waals surface area contributed by atoms with E-state index in [1.165, 1.54) is 18.4 Å². The minimum Gasteiger partial charge on any atom is -0.376 e. The van der Waals surface area contributed by atoms with Crippen LogP contribution in [0.3, 0.4) is 0 Å². The van der Waals surface area contributed by atoms with Gasteiger partial charge in [0, 0.05) is 29.9 Å². The van der Waals surface area contributed by atoms with Crippen LogP contribution in [0.15, 0.2) is 0 Å². The molecule has 1 aromatic heterocycles. The van der Waals surface area contributed by atoms with Gasteiger partial charge >= 0.3 is 0 Å². The standard InChI is InChI=1S/C20H30N4O3/c1-12-13(2)22-14(3)23-19(12)24-16-4-5-17(24)9-15(8-16)10-21-20(25)18-11-26-6-7-27-18/h15-18H,4-11H2,1-3H3,(H,21,25)/t15?,16-,17+,18?. The Morgan fingerprint density at radius 2 is 1.89 bits per heavy atom. The molecule has 3 fully saturated rings. The van der Waals surface area contributed by atoms with Gasteiger partial charge < -0.3 is 19.7 Å². The van der Waals surface area contributed by atoms with Crippen LogP contribution < -0.4 is 10.2 Å². The predicted molar refractivity (Wildman–Crippen MR) is 102 cm³/mol. The number of aryl methyl sites for hydroxylation is 2. The van der Waals surface area contributed by atoms with Crippen molar-refractivity contribution in [2.24, 2.45) is 5.92 Å². The predicted octanol–water partition coefficient (Wildman–Crippen LogP) is 1.68. The summed E-state index contributed by atoms with van der Waals surface area (Å²) in [5, 5.41) is 3.09. The summed E-state index contributed by atoms with van der Waals surface area (Å²) in [6.07, 6.45) is 4.15. The molecule has 7 heteroatoms. The average Bonchev–Trinajstić information content (AvgIpc) is 2.93. The first-order valence-corrected chi connectivity index (χ1v) is 10.1. The van der Waals surface area contributed by atoms with Gasteiger partial charge in [-0.3, -0.25) is 4.79 Å². The highest BCUT2D eigenvalue weighted by atomic mass is 16.6. The molecule has 3 aliphatic rings. The maximum Gasteiger partial charge on any atom is 0.251 e. The molecule has 0 aliphatic carbocycles. The van der Waals surface area contributed by atoms with Crippen LogP contribution in [-0.4, -0.2) is 60.4 Å². The van der Waals surface area contributed by atoms with Crippen LogP contribution in [0.25, 0.3) is 0 Å². The van der Waals surface area contributed by atoms with Gasteiger partial charge in [-0.1, -0.05) is 0 Å². The van der Waals surface area contributed by atoms with Gasteiger partial charge in [0.2, 0.25) is 0 Å². The first-order chi connectivity index (χ1) is 13.0. The van der Waals surface area contributed by atoms with Crippen molar-refractivity contribution in [3.63, 3.8) is 0 Å². The second kappa shape index (κ2) is 7.72. The zero-order valence-electron chi connectivity index (χ0n) is 16.5. The van der Waals surface area contributed by atoms with E-state index in [1.807, 2.05) is 6.92 Å². The summed E-state index contributed by atoms with van der Waals surface area (Å²) in [7, 11) is 0. The minimum atomic E-state index is -0.454. The lowest BCUT2D eigenvalue weighted by atomic mass is 9.90. The number of piperidine rings is 1. The van der Waals surface area contributed by atoms with E-state index in [1.54, 1.807) is 0 Å². The number of fused-ring (bicyclic) bond motifs is 2. The molecule has 7 nitrogen and oxygen atoms in total. The van der Waals surface area contributed by atoms with Crippen LogP contribution in [0.1, 0.15) is 42.8 Å². The van der Waals surface area contributed by atoms with Gasteiger partial charge in [0.15, 0.2) is 6.10 Å². The third-order valence-corrected chi connectivity index (χ3v) is 6.22. The summed E-state index contributed by atoms with van der Waals surface area (Å²) in [6, 6.07) is 1.01. The fourth-order valence-corrected chi connectivity index (χ4v) is 4.80. The normalized spacial score (nSPS) is 30.4. The number of carbonyl (C=O) groups is 1. The van der Waals surface area contributed by atoms with Crippen LogP contribution in [0.5, 0.6) is 0 Å². The molecule has 4 heterocycles. The molecule has 3 aliphatic heterocycles. The molecule has 1 N–H and O–H groups in total. The van der Waals surface area contributed by atoms with Crippen molar-refractivity contribution >= 4 is 11.7 Å². The van der Waals surface area contributed by atoms with E-state index < -0.39 is 6.10 Å². The van der Waals surface area contributed by atoms with Crippen LogP contribution in [0, 0.1) is 26.7 Å². The average molecular weight is 374 g/mol. The number of ether oxygens (including phenoxy) is 2. The largest absolute Gasteiger partial charge is 0.376 e. The minimum absolute atomic E-state index is 0.0395. The van der Waals surface area contributed by atoms with E-state index >= 15 is 0 Å². The smallest absolute Gasteiger partial charge is 0.251 e. The molecule has 148 valence electrons. The van der Waals surface area contributed by atoms with Gasteiger partial charge in [0.05, 0.1) is 19.8 Å². The number of aromatic nitrogens is 2. The Morgan fingerprint density at radius 3 is 2.56 bits per heavy atom. The fourth-order valence-electron chi connectivity index (χ4n) is 4.80. The van der Waals surface area contributed by atoms with Crippen LogP contribution in [-0.2, 0) is 14.3 Å². The number of hydrogen-bond donors (Lipinski definition) is 1. The number of hydrogen-bond acceptors (Lipinski definition) is 6. The Morgan fingerprint density at radius 1 is 1.15 bits per heavy atom. The molecule has 4 rings (SSSR count). The molecular formula is C20H30N4O3. The van der Waals surface area contributed by atoms with E-state index in [9.17, 15) is 4.79 Å².